The van der Waals surface area contributed by atoms with Gasteiger partial charge in [0.05, 0.1) is 41.4 Å². The number of hydrogen-bond acceptors (Lipinski definition) is 5. The molecule has 0 saturated carbocycles. The fourth-order valence-electron chi connectivity index (χ4n) is 4.50. The summed E-state index contributed by atoms with van der Waals surface area (Å²) in [5, 5.41) is 1.05. The molecule has 174 valence electrons. The van der Waals surface area contributed by atoms with Crippen molar-refractivity contribution in [3.05, 3.63) is 71.4 Å². The fourth-order valence-corrected chi connectivity index (χ4v) is 5.52. The van der Waals surface area contributed by atoms with Gasteiger partial charge < -0.3 is 24.4 Å². The van der Waals surface area contributed by atoms with Crippen molar-refractivity contribution in [2.24, 2.45) is 0 Å². The topological polar surface area (TPSA) is 95.8 Å². The molecule has 4 aromatic heterocycles. The average molecular weight is 483 g/mol. The zero-order valence-electron chi connectivity index (χ0n) is 19.4. The monoisotopic (exact) mass is 482 g/mol. The van der Waals surface area contributed by atoms with Crippen molar-refractivity contribution in [1.29, 1.82) is 0 Å². The molecule has 35 heavy (non-hydrogen) atoms. The summed E-state index contributed by atoms with van der Waals surface area (Å²) in [5.41, 5.74) is 6.45. The quantitative estimate of drug-likeness (QED) is 0.243. The third-order valence-electron chi connectivity index (χ3n) is 6.14. The van der Waals surface area contributed by atoms with Crippen molar-refractivity contribution in [1.82, 2.24) is 19.9 Å². The lowest BCUT2D eigenvalue weighted by Gasteiger charge is -2.04. The molecule has 0 bridgehead atoms. The smallest absolute Gasteiger partial charge is 0.355 e. The van der Waals surface area contributed by atoms with Crippen LogP contribution in [0.1, 0.15) is 15.4 Å². The number of hydrogen-bond donors (Lipinski definition) is 3. The molecule has 0 amide bonds. The first-order valence-corrected chi connectivity index (χ1v) is 11.9. The summed E-state index contributed by atoms with van der Waals surface area (Å²) in [5.74, 6) is 1.04. The van der Waals surface area contributed by atoms with E-state index < -0.39 is 5.97 Å². The second-order valence-corrected chi connectivity index (χ2v) is 9.51. The van der Waals surface area contributed by atoms with Crippen LogP contribution in [0.15, 0.2) is 60.8 Å². The molecule has 7 nitrogen and oxygen atoms in total. The fraction of sp³-hybridized carbons (Fsp3) is 0.111. The minimum atomic E-state index is -0.425. The predicted molar refractivity (Wildman–Crippen MR) is 139 cm³/mol. The summed E-state index contributed by atoms with van der Waals surface area (Å²) in [4.78, 5) is 29.1. The van der Waals surface area contributed by atoms with E-state index in [2.05, 4.69) is 27.9 Å². The van der Waals surface area contributed by atoms with E-state index in [-0.39, 0.29) is 0 Å². The van der Waals surface area contributed by atoms with Gasteiger partial charge in [0.25, 0.3) is 0 Å². The SMILES string of the molecule is COC(=O)c1[nH]c2cc(C)sc2c1-c1[nH]c(-c2ccc(OC)cc2)nc1-c1c[nH]c2ccccc12. The van der Waals surface area contributed by atoms with E-state index in [1.807, 2.05) is 54.7 Å². The lowest BCUT2D eigenvalue weighted by atomic mass is 10.0. The van der Waals surface area contributed by atoms with Crippen molar-refractivity contribution in [2.75, 3.05) is 14.2 Å². The Kier molecular flexibility index (Phi) is 4.96. The van der Waals surface area contributed by atoms with Gasteiger partial charge in [0.1, 0.15) is 17.3 Å². The maximum Gasteiger partial charge on any atom is 0.355 e. The molecule has 2 aromatic carbocycles. The van der Waals surface area contributed by atoms with E-state index in [0.717, 1.165) is 59.8 Å². The van der Waals surface area contributed by atoms with E-state index in [9.17, 15) is 4.79 Å². The average Bonchev–Trinajstić information content (AvgIpc) is 3.64. The molecule has 0 aliphatic rings. The number of aryl methyl sites for hydroxylation is 1. The predicted octanol–water partition coefficient (Wildman–Crippen LogP) is 6.54. The Morgan fingerprint density at radius 3 is 2.57 bits per heavy atom. The number of carbonyl (C=O) groups excluding carboxylic acids is 1. The van der Waals surface area contributed by atoms with Gasteiger partial charge in [-0.25, -0.2) is 9.78 Å². The standard InChI is InChI=1S/C27H22N4O3S/c1-14-12-20-25(35-14)21(24(29-20)27(32)34-3)23-22(18-13-28-19-7-5-4-6-17(18)19)30-26(31-23)15-8-10-16(33-2)11-9-15/h4-13,28-29H,1-3H3,(H,30,31). The second kappa shape index (κ2) is 8.18. The van der Waals surface area contributed by atoms with Crippen LogP contribution >= 0.6 is 11.3 Å². The van der Waals surface area contributed by atoms with Crippen LogP contribution < -0.4 is 4.74 Å². The molecule has 0 unspecified atom stereocenters. The van der Waals surface area contributed by atoms with Crippen LogP contribution in [0, 0.1) is 6.92 Å². The zero-order valence-corrected chi connectivity index (χ0v) is 20.2. The Morgan fingerprint density at radius 1 is 1.00 bits per heavy atom. The highest BCUT2D eigenvalue weighted by molar-refractivity contribution is 7.19. The highest BCUT2D eigenvalue weighted by Crippen LogP contribution is 2.43. The number of thiophene rings is 1. The minimum Gasteiger partial charge on any atom is -0.497 e. The summed E-state index contributed by atoms with van der Waals surface area (Å²) >= 11 is 1.63. The molecule has 3 N–H and O–H groups in total. The van der Waals surface area contributed by atoms with Crippen molar-refractivity contribution >= 4 is 38.4 Å². The number of carbonyl (C=O) groups is 1. The second-order valence-electron chi connectivity index (χ2n) is 8.25. The number of aromatic nitrogens is 4. The molecular formula is C27H22N4O3S. The first-order chi connectivity index (χ1) is 17.1. The molecule has 6 rings (SSSR count). The third kappa shape index (κ3) is 3.41. The number of nitrogens with zero attached hydrogens (tertiary/aromatic N) is 1. The molecule has 0 aliphatic heterocycles. The number of methoxy groups -OCH3 is 2. The first kappa shape index (κ1) is 21.2. The van der Waals surface area contributed by atoms with Crippen molar-refractivity contribution in [2.45, 2.75) is 6.92 Å². The van der Waals surface area contributed by atoms with Gasteiger partial charge in [0.2, 0.25) is 0 Å². The van der Waals surface area contributed by atoms with Gasteiger partial charge in [-0.05, 0) is 43.3 Å². The Bertz CT molecular complexity index is 1700. The van der Waals surface area contributed by atoms with Crippen LogP contribution in [0.3, 0.4) is 0 Å². The Morgan fingerprint density at radius 2 is 1.80 bits per heavy atom. The molecule has 0 fully saturated rings. The van der Waals surface area contributed by atoms with E-state index >= 15 is 0 Å². The highest BCUT2D eigenvalue weighted by atomic mass is 32.1. The van der Waals surface area contributed by atoms with Crippen LogP contribution in [-0.4, -0.2) is 40.1 Å². The summed E-state index contributed by atoms with van der Waals surface area (Å²) < 4.78 is 11.4. The number of ether oxygens (including phenoxy) is 2. The molecule has 0 saturated heterocycles. The number of fused-ring (bicyclic) bond motifs is 2. The number of para-hydroxylation sites is 1. The van der Waals surface area contributed by atoms with Crippen molar-refractivity contribution < 1.29 is 14.3 Å². The van der Waals surface area contributed by atoms with Gasteiger partial charge in [-0.2, -0.15) is 0 Å². The number of benzene rings is 2. The van der Waals surface area contributed by atoms with Crippen LogP contribution in [0.4, 0.5) is 0 Å². The van der Waals surface area contributed by atoms with Gasteiger partial charge in [-0.15, -0.1) is 11.3 Å². The van der Waals surface area contributed by atoms with Crippen LogP contribution in [0.25, 0.3) is 55.0 Å². The number of rotatable bonds is 5. The van der Waals surface area contributed by atoms with E-state index in [1.165, 1.54) is 7.11 Å². The number of nitrogens with one attached hydrogen (secondary N) is 3. The van der Waals surface area contributed by atoms with Crippen molar-refractivity contribution in [3.8, 4) is 39.7 Å². The Balaban J connectivity index is 1.65. The van der Waals surface area contributed by atoms with Gasteiger partial charge in [-0.1, -0.05) is 18.2 Å². The van der Waals surface area contributed by atoms with E-state index in [0.29, 0.717) is 11.5 Å². The maximum absolute atomic E-state index is 12.8. The zero-order chi connectivity index (χ0) is 24.1. The molecule has 6 aromatic rings. The molecular weight excluding hydrogens is 460 g/mol. The third-order valence-corrected chi connectivity index (χ3v) is 7.21. The number of esters is 1. The van der Waals surface area contributed by atoms with Crippen molar-refractivity contribution in [3.63, 3.8) is 0 Å². The number of aromatic amines is 3. The lowest BCUT2D eigenvalue weighted by molar-refractivity contribution is 0.0596. The normalized spacial score (nSPS) is 11.4. The molecule has 0 atom stereocenters. The summed E-state index contributed by atoms with van der Waals surface area (Å²) in [6.07, 6.45) is 1.96. The van der Waals surface area contributed by atoms with Gasteiger partial charge >= 0.3 is 5.97 Å². The molecule has 0 aliphatic carbocycles. The Hall–Kier alpha value is -4.30. The summed E-state index contributed by atoms with van der Waals surface area (Å²) in [6.45, 7) is 2.05. The van der Waals surface area contributed by atoms with Crippen LogP contribution in [0.5, 0.6) is 5.75 Å². The van der Waals surface area contributed by atoms with E-state index in [1.54, 1.807) is 18.4 Å². The van der Waals surface area contributed by atoms with Crippen LogP contribution in [-0.2, 0) is 4.74 Å². The van der Waals surface area contributed by atoms with E-state index in [4.69, 9.17) is 14.5 Å². The Labute approximate surface area is 204 Å². The highest BCUT2D eigenvalue weighted by Gasteiger charge is 2.27. The summed E-state index contributed by atoms with van der Waals surface area (Å²) in [7, 11) is 3.03. The number of imidazole rings is 1. The van der Waals surface area contributed by atoms with Gasteiger partial charge in [-0.3, -0.25) is 0 Å². The lowest BCUT2D eigenvalue weighted by Crippen LogP contribution is -2.03. The molecule has 0 spiro atoms. The van der Waals surface area contributed by atoms with Crippen LogP contribution in [0.2, 0.25) is 0 Å². The maximum atomic E-state index is 12.8. The largest absolute Gasteiger partial charge is 0.497 e. The molecule has 8 heteroatoms. The summed E-state index contributed by atoms with van der Waals surface area (Å²) in [6, 6.07) is 17.9. The molecule has 4 heterocycles. The van der Waals surface area contributed by atoms with Gasteiger partial charge in [0, 0.05) is 33.1 Å². The van der Waals surface area contributed by atoms with Gasteiger partial charge in [0.15, 0.2) is 0 Å². The first-order valence-electron chi connectivity index (χ1n) is 11.1. The minimum absolute atomic E-state index is 0.403. The molecule has 0 radical (unpaired) electrons. The number of H-pyrrole nitrogens is 3.